The minimum atomic E-state index is -0.394. The van der Waals surface area contributed by atoms with E-state index in [0.717, 1.165) is 11.0 Å². The van der Waals surface area contributed by atoms with Gasteiger partial charge in [0, 0.05) is 18.8 Å². The van der Waals surface area contributed by atoms with E-state index < -0.39 is 5.82 Å². The summed E-state index contributed by atoms with van der Waals surface area (Å²) in [6, 6.07) is 6.32. The van der Waals surface area contributed by atoms with Crippen molar-refractivity contribution < 1.29 is 9.13 Å². The summed E-state index contributed by atoms with van der Waals surface area (Å²) < 4.78 is 21.1. The molecular weight excluding hydrogens is 281 g/mol. The first-order valence-corrected chi connectivity index (χ1v) is 6.36. The summed E-state index contributed by atoms with van der Waals surface area (Å²) in [5, 5.41) is 0.335. The minimum Gasteiger partial charge on any atom is -0.471 e. The van der Waals surface area contributed by atoms with Crippen LogP contribution in [-0.4, -0.2) is 14.5 Å². The quantitative estimate of drug-likeness (QED) is 0.743. The van der Waals surface area contributed by atoms with Crippen LogP contribution in [-0.2, 0) is 13.7 Å². The highest BCUT2D eigenvalue weighted by Crippen LogP contribution is 2.24. The molecule has 0 spiro atoms. The third kappa shape index (κ3) is 2.20. The van der Waals surface area contributed by atoms with Crippen LogP contribution in [0.5, 0.6) is 5.88 Å². The second-order valence-electron chi connectivity index (χ2n) is 4.33. The summed E-state index contributed by atoms with van der Waals surface area (Å²) in [6.45, 7) is 0.0167. The van der Waals surface area contributed by atoms with Crippen LogP contribution >= 0.6 is 11.6 Å². The predicted octanol–water partition coefficient (Wildman–Crippen LogP) is 3.34. The van der Waals surface area contributed by atoms with E-state index in [0.29, 0.717) is 16.5 Å². The number of benzene rings is 1. The molecule has 3 aromatic rings. The zero-order valence-electron chi connectivity index (χ0n) is 10.7. The van der Waals surface area contributed by atoms with E-state index in [4.69, 9.17) is 16.3 Å². The van der Waals surface area contributed by atoms with Crippen molar-refractivity contribution in [3.8, 4) is 5.88 Å². The van der Waals surface area contributed by atoms with Crippen LogP contribution in [0.3, 0.4) is 0 Å². The van der Waals surface area contributed by atoms with Gasteiger partial charge in [-0.15, -0.1) is 0 Å². The molecule has 0 unspecified atom stereocenters. The zero-order valence-corrected chi connectivity index (χ0v) is 11.4. The van der Waals surface area contributed by atoms with Gasteiger partial charge in [-0.3, -0.25) is 0 Å². The second kappa shape index (κ2) is 5.09. The number of hydrogen-bond donors (Lipinski definition) is 0. The van der Waals surface area contributed by atoms with Crippen LogP contribution in [0, 0.1) is 5.82 Å². The van der Waals surface area contributed by atoms with E-state index in [-0.39, 0.29) is 6.61 Å². The fraction of sp³-hybridized carbons (Fsp3) is 0.143. The average Bonchev–Trinajstić information content (AvgIpc) is 2.81. The van der Waals surface area contributed by atoms with Gasteiger partial charge < -0.3 is 9.30 Å². The van der Waals surface area contributed by atoms with Gasteiger partial charge in [-0.2, -0.15) is 0 Å². The topological polar surface area (TPSA) is 39.9 Å². The second-order valence-corrected chi connectivity index (χ2v) is 4.74. The number of aromatic nitrogens is 3. The van der Waals surface area contributed by atoms with Crippen LogP contribution in [0.15, 0.2) is 36.8 Å². The standard InChI is InChI=1S/C14H11ClFN3O/c1-19-8-18-12-5-6-17-14(13(12)19)20-7-9-10(15)3-2-4-11(9)16/h2-6,8H,7H2,1H3. The zero-order chi connectivity index (χ0) is 14.1. The Morgan fingerprint density at radius 1 is 1.30 bits per heavy atom. The fourth-order valence-corrected chi connectivity index (χ4v) is 2.20. The highest BCUT2D eigenvalue weighted by atomic mass is 35.5. The Kier molecular flexibility index (Phi) is 3.28. The summed E-state index contributed by atoms with van der Waals surface area (Å²) >= 11 is 5.97. The Hall–Kier alpha value is -2.14. The molecule has 20 heavy (non-hydrogen) atoms. The van der Waals surface area contributed by atoms with E-state index in [1.54, 1.807) is 35.3 Å². The molecule has 0 aliphatic rings. The predicted molar refractivity (Wildman–Crippen MR) is 74.3 cm³/mol. The number of imidazole rings is 1. The van der Waals surface area contributed by atoms with Crippen LogP contribution in [0.4, 0.5) is 4.39 Å². The van der Waals surface area contributed by atoms with Gasteiger partial charge in [0.15, 0.2) is 0 Å². The van der Waals surface area contributed by atoms with Gasteiger partial charge in [-0.1, -0.05) is 17.7 Å². The number of halogens is 2. The Morgan fingerprint density at radius 3 is 2.95 bits per heavy atom. The van der Waals surface area contributed by atoms with Gasteiger partial charge in [0.1, 0.15) is 17.9 Å². The number of hydrogen-bond acceptors (Lipinski definition) is 3. The number of pyridine rings is 1. The molecule has 0 fully saturated rings. The fourth-order valence-electron chi connectivity index (χ4n) is 1.98. The third-order valence-corrected chi connectivity index (χ3v) is 3.36. The molecule has 0 aliphatic carbocycles. The van der Waals surface area contributed by atoms with Crippen LogP contribution in [0.2, 0.25) is 5.02 Å². The molecule has 3 rings (SSSR count). The number of nitrogens with zero attached hydrogens (tertiary/aromatic N) is 3. The Morgan fingerprint density at radius 2 is 2.15 bits per heavy atom. The molecule has 0 amide bonds. The van der Waals surface area contributed by atoms with E-state index in [2.05, 4.69) is 9.97 Å². The summed E-state index contributed by atoms with van der Waals surface area (Å²) in [5.74, 6) is 0.0106. The molecule has 0 saturated carbocycles. The van der Waals surface area contributed by atoms with Gasteiger partial charge in [-0.05, 0) is 18.2 Å². The van der Waals surface area contributed by atoms with Crippen LogP contribution in [0.1, 0.15) is 5.56 Å². The van der Waals surface area contributed by atoms with E-state index in [1.807, 2.05) is 7.05 Å². The first-order chi connectivity index (χ1) is 9.66. The molecular formula is C14H11ClFN3O. The summed E-state index contributed by atoms with van der Waals surface area (Å²) in [4.78, 5) is 8.38. The lowest BCUT2D eigenvalue weighted by molar-refractivity contribution is 0.291. The highest BCUT2D eigenvalue weighted by molar-refractivity contribution is 6.31. The van der Waals surface area contributed by atoms with Gasteiger partial charge in [0.2, 0.25) is 5.88 Å². The number of aryl methyl sites for hydroxylation is 1. The normalized spacial score (nSPS) is 10.9. The molecule has 2 aromatic heterocycles. The van der Waals surface area contributed by atoms with Crippen molar-refractivity contribution in [2.45, 2.75) is 6.61 Å². The summed E-state index contributed by atoms with van der Waals surface area (Å²) in [5.41, 5.74) is 1.85. The lowest BCUT2D eigenvalue weighted by atomic mass is 10.2. The van der Waals surface area contributed by atoms with Crippen molar-refractivity contribution in [3.63, 3.8) is 0 Å². The van der Waals surface area contributed by atoms with Gasteiger partial charge in [0.25, 0.3) is 0 Å². The largest absolute Gasteiger partial charge is 0.471 e. The molecule has 1 aromatic carbocycles. The molecule has 4 nitrogen and oxygen atoms in total. The molecule has 0 bridgehead atoms. The Balaban J connectivity index is 1.93. The van der Waals surface area contributed by atoms with Gasteiger partial charge in [-0.25, -0.2) is 14.4 Å². The molecule has 2 heterocycles. The molecule has 0 aliphatic heterocycles. The van der Waals surface area contributed by atoms with Crippen molar-refractivity contribution >= 4 is 22.6 Å². The van der Waals surface area contributed by atoms with E-state index in [1.165, 1.54) is 6.07 Å². The maximum atomic E-state index is 13.7. The lowest BCUT2D eigenvalue weighted by Crippen LogP contribution is -2.02. The number of fused-ring (bicyclic) bond motifs is 1. The van der Waals surface area contributed by atoms with Crippen LogP contribution < -0.4 is 4.74 Å². The molecule has 102 valence electrons. The molecule has 0 saturated heterocycles. The van der Waals surface area contributed by atoms with Crippen molar-refractivity contribution in [3.05, 3.63) is 53.2 Å². The Bertz CT molecular complexity index is 752. The van der Waals surface area contributed by atoms with Crippen molar-refractivity contribution in [1.82, 2.24) is 14.5 Å². The van der Waals surface area contributed by atoms with E-state index in [9.17, 15) is 4.39 Å². The average molecular weight is 292 g/mol. The number of rotatable bonds is 3. The lowest BCUT2D eigenvalue weighted by Gasteiger charge is -2.09. The number of ether oxygens (including phenoxy) is 1. The van der Waals surface area contributed by atoms with E-state index >= 15 is 0 Å². The van der Waals surface area contributed by atoms with Gasteiger partial charge >= 0.3 is 0 Å². The first kappa shape index (κ1) is 12.9. The monoisotopic (exact) mass is 291 g/mol. The van der Waals surface area contributed by atoms with Crippen LogP contribution in [0.25, 0.3) is 11.0 Å². The maximum absolute atomic E-state index is 13.7. The van der Waals surface area contributed by atoms with Crippen molar-refractivity contribution in [2.24, 2.45) is 7.05 Å². The smallest absolute Gasteiger partial charge is 0.240 e. The third-order valence-electron chi connectivity index (χ3n) is 3.01. The van der Waals surface area contributed by atoms with Gasteiger partial charge in [0.05, 0.1) is 16.9 Å². The highest BCUT2D eigenvalue weighted by Gasteiger charge is 2.12. The van der Waals surface area contributed by atoms with Crippen molar-refractivity contribution in [1.29, 1.82) is 0 Å². The first-order valence-electron chi connectivity index (χ1n) is 5.98. The molecule has 0 radical (unpaired) electrons. The Labute approximate surface area is 119 Å². The van der Waals surface area contributed by atoms with Crippen molar-refractivity contribution in [2.75, 3.05) is 0 Å². The summed E-state index contributed by atoms with van der Waals surface area (Å²) in [7, 11) is 1.85. The molecule has 0 atom stereocenters. The molecule has 0 N–H and O–H groups in total. The SMILES string of the molecule is Cn1cnc2ccnc(OCc3c(F)cccc3Cl)c21. The minimum absolute atomic E-state index is 0.0167. The molecule has 6 heteroatoms. The summed E-state index contributed by atoms with van der Waals surface area (Å²) in [6.07, 6.45) is 3.28. The maximum Gasteiger partial charge on any atom is 0.240 e.